The van der Waals surface area contributed by atoms with Gasteiger partial charge in [0, 0.05) is 43.2 Å². The first kappa shape index (κ1) is 15.6. The minimum Gasteiger partial charge on any atom is -0.383 e. The van der Waals surface area contributed by atoms with Crippen molar-refractivity contribution in [1.29, 1.82) is 0 Å². The molecule has 122 valence electrons. The molecular weight excluding hydrogens is 296 g/mol. The fourth-order valence-corrected chi connectivity index (χ4v) is 3.22. The van der Waals surface area contributed by atoms with E-state index in [9.17, 15) is 10.1 Å². The van der Waals surface area contributed by atoms with Crippen molar-refractivity contribution in [1.82, 2.24) is 10.3 Å². The van der Waals surface area contributed by atoms with Gasteiger partial charge in [0.25, 0.3) is 5.69 Å². The second-order valence-corrected chi connectivity index (χ2v) is 5.91. The van der Waals surface area contributed by atoms with Crippen molar-refractivity contribution in [3.8, 4) is 0 Å². The Hall–Kier alpha value is -2.25. The Morgan fingerprint density at radius 2 is 2.30 bits per heavy atom. The lowest BCUT2D eigenvalue weighted by molar-refractivity contribution is -0.383. The predicted molar refractivity (Wildman–Crippen MR) is 88.7 cm³/mol. The van der Waals surface area contributed by atoms with E-state index in [2.05, 4.69) is 15.6 Å². The first-order valence-electron chi connectivity index (χ1n) is 7.64. The van der Waals surface area contributed by atoms with Crippen molar-refractivity contribution < 1.29 is 9.66 Å². The molecule has 1 aromatic heterocycles. The van der Waals surface area contributed by atoms with E-state index < -0.39 is 0 Å². The number of nitro groups is 1. The summed E-state index contributed by atoms with van der Waals surface area (Å²) < 4.78 is 5.35. The summed E-state index contributed by atoms with van der Waals surface area (Å²) in [6, 6.07) is 5.09. The Kier molecular flexibility index (Phi) is 4.40. The Bertz CT molecular complexity index is 714. The number of pyridine rings is 1. The first-order chi connectivity index (χ1) is 11.2. The maximum absolute atomic E-state index is 11.2. The standard InChI is InChI=1S/C16H20N4O3/c1-23-11-16(6-2-7-19-16)10-18-14-3-4-15(20(21)22)13-9-17-8-5-12(13)14/h3-5,8-9,18-19H,2,6-7,10-11H2,1H3. The highest BCUT2D eigenvalue weighted by Crippen LogP contribution is 2.31. The van der Waals surface area contributed by atoms with Crippen molar-refractivity contribution in [3.05, 3.63) is 40.7 Å². The third kappa shape index (κ3) is 3.11. The average molecular weight is 316 g/mol. The van der Waals surface area contributed by atoms with Crippen LogP contribution in [0.25, 0.3) is 10.8 Å². The van der Waals surface area contributed by atoms with E-state index in [1.807, 2.05) is 0 Å². The van der Waals surface area contributed by atoms with Gasteiger partial charge in [-0.3, -0.25) is 15.1 Å². The van der Waals surface area contributed by atoms with E-state index in [1.54, 1.807) is 25.4 Å². The molecular formula is C16H20N4O3. The van der Waals surface area contributed by atoms with Gasteiger partial charge in [0.05, 0.1) is 22.5 Å². The maximum Gasteiger partial charge on any atom is 0.278 e. The summed E-state index contributed by atoms with van der Waals surface area (Å²) in [6.45, 7) is 2.32. The average Bonchev–Trinajstić information content (AvgIpc) is 3.01. The van der Waals surface area contributed by atoms with Crippen LogP contribution in [0.3, 0.4) is 0 Å². The molecule has 0 saturated carbocycles. The highest BCUT2D eigenvalue weighted by atomic mass is 16.6. The van der Waals surface area contributed by atoms with Crippen LogP contribution in [0.1, 0.15) is 12.8 Å². The van der Waals surface area contributed by atoms with Crippen LogP contribution in [0, 0.1) is 10.1 Å². The number of methoxy groups -OCH3 is 1. The number of ether oxygens (including phenoxy) is 1. The lowest BCUT2D eigenvalue weighted by Gasteiger charge is -2.29. The number of non-ortho nitro benzene ring substituents is 1. The number of benzene rings is 1. The van der Waals surface area contributed by atoms with Gasteiger partial charge in [-0.1, -0.05) is 0 Å². The number of rotatable bonds is 6. The van der Waals surface area contributed by atoms with Crippen LogP contribution in [-0.4, -0.2) is 42.3 Å². The smallest absolute Gasteiger partial charge is 0.278 e. The molecule has 7 nitrogen and oxygen atoms in total. The molecule has 1 aliphatic rings. The van der Waals surface area contributed by atoms with Crippen LogP contribution in [-0.2, 0) is 4.74 Å². The zero-order chi connectivity index (χ0) is 16.3. The van der Waals surface area contributed by atoms with Crippen molar-refractivity contribution in [2.45, 2.75) is 18.4 Å². The molecule has 3 rings (SSSR count). The summed E-state index contributed by atoms with van der Waals surface area (Å²) >= 11 is 0. The Morgan fingerprint density at radius 3 is 3.00 bits per heavy atom. The molecule has 1 aliphatic heterocycles. The first-order valence-corrected chi connectivity index (χ1v) is 7.64. The van der Waals surface area contributed by atoms with E-state index in [0.29, 0.717) is 18.5 Å². The summed E-state index contributed by atoms with van der Waals surface area (Å²) in [5.41, 5.74) is 0.858. The van der Waals surface area contributed by atoms with E-state index >= 15 is 0 Å². The summed E-state index contributed by atoms with van der Waals surface area (Å²) in [4.78, 5) is 14.8. The number of nitrogens with zero attached hydrogens (tertiary/aromatic N) is 2. The second-order valence-electron chi connectivity index (χ2n) is 5.91. The van der Waals surface area contributed by atoms with Crippen LogP contribution in [0.4, 0.5) is 11.4 Å². The molecule has 1 fully saturated rings. The summed E-state index contributed by atoms with van der Waals surface area (Å²) in [5, 5.41) is 19.4. The molecule has 23 heavy (non-hydrogen) atoms. The molecule has 0 radical (unpaired) electrons. The minimum absolute atomic E-state index is 0.0734. The van der Waals surface area contributed by atoms with Crippen LogP contribution in [0.15, 0.2) is 30.6 Å². The normalized spacial score (nSPS) is 20.7. The fourth-order valence-electron chi connectivity index (χ4n) is 3.22. The van der Waals surface area contributed by atoms with E-state index in [0.717, 1.165) is 30.5 Å². The molecule has 1 aromatic carbocycles. The predicted octanol–water partition coefficient (Wildman–Crippen LogP) is 2.32. The number of aromatic nitrogens is 1. The van der Waals surface area contributed by atoms with Gasteiger partial charge in [0.1, 0.15) is 0 Å². The Labute approximate surface area is 134 Å². The van der Waals surface area contributed by atoms with Crippen LogP contribution in [0.2, 0.25) is 0 Å². The van der Waals surface area contributed by atoms with E-state index in [-0.39, 0.29) is 16.1 Å². The van der Waals surface area contributed by atoms with Gasteiger partial charge < -0.3 is 15.4 Å². The zero-order valence-corrected chi connectivity index (χ0v) is 13.0. The fraction of sp³-hybridized carbons (Fsp3) is 0.438. The number of nitro benzene ring substituents is 1. The van der Waals surface area contributed by atoms with Gasteiger partial charge >= 0.3 is 0 Å². The van der Waals surface area contributed by atoms with E-state index in [1.165, 1.54) is 12.3 Å². The molecule has 0 amide bonds. The quantitative estimate of drug-likeness (QED) is 0.628. The van der Waals surface area contributed by atoms with Crippen LogP contribution in [0.5, 0.6) is 0 Å². The third-order valence-electron chi connectivity index (χ3n) is 4.36. The zero-order valence-electron chi connectivity index (χ0n) is 13.0. The molecule has 0 spiro atoms. The van der Waals surface area contributed by atoms with Crippen molar-refractivity contribution in [2.75, 3.05) is 32.1 Å². The number of hydrogen-bond acceptors (Lipinski definition) is 6. The number of hydrogen-bond donors (Lipinski definition) is 2. The monoisotopic (exact) mass is 316 g/mol. The Morgan fingerprint density at radius 1 is 1.43 bits per heavy atom. The highest BCUT2D eigenvalue weighted by molar-refractivity contribution is 5.99. The lowest BCUT2D eigenvalue weighted by Crippen LogP contribution is -2.49. The summed E-state index contributed by atoms with van der Waals surface area (Å²) in [5.74, 6) is 0. The lowest BCUT2D eigenvalue weighted by atomic mass is 9.98. The van der Waals surface area contributed by atoms with Crippen LogP contribution < -0.4 is 10.6 Å². The van der Waals surface area contributed by atoms with Crippen LogP contribution >= 0.6 is 0 Å². The molecule has 1 atom stereocenters. The van der Waals surface area contributed by atoms with Gasteiger partial charge in [0.15, 0.2) is 0 Å². The molecule has 2 aromatic rings. The molecule has 1 unspecified atom stereocenters. The molecule has 1 saturated heterocycles. The molecule has 0 bridgehead atoms. The minimum atomic E-state index is -0.376. The topological polar surface area (TPSA) is 89.3 Å². The van der Waals surface area contributed by atoms with Gasteiger partial charge in [-0.15, -0.1) is 0 Å². The largest absolute Gasteiger partial charge is 0.383 e. The molecule has 2 N–H and O–H groups in total. The second kappa shape index (κ2) is 6.47. The molecule has 0 aliphatic carbocycles. The van der Waals surface area contributed by atoms with Crippen molar-refractivity contribution in [2.24, 2.45) is 0 Å². The van der Waals surface area contributed by atoms with Crippen molar-refractivity contribution >= 4 is 22.1 Å². The van der Waals surface area contributed by atoms with Gasteiger partial charge in [-0.25, -0.2) is 0 Å². The van der Waals surface area contributed by atoms with Gasteiger partial charge in [-0.2, -0.15) is 0 Å². The number of nitrogens with one attached hydrogen (secondary N) is 2. The van der Waals surface area contributed by atoms with E-state index in [4.69, 9.17) is 4.74 Å². The highest BCUT2D eigenvalue weighted by Gasteiger charge is 2.33. The third-order valence-corrected chi connectivity index (χ3v) is 4.36. The molecule has 2 heterocycles. The SMILES string of the molecule is COCC1(CNc2ccc([N+](=O)[O-])c3cnccc23)CCCN1. The summed E-state index contributed by atoms with van der Waals surface area (Å²) in [7, 11) is 1.70. The molecule has 7 heteroatoms. The maximum atomic E-state index is 11.2. The summed E-state index contributed by atoms with van der Waals surface area (Å²) in [6.07, 6.45) is 5.35. The van der Waals surface area contributed by atoms with Gasteiger partial charge in [-0.05, 0) is 31.5 Å². The number of fused-ring (bicyclic) bond motifs is 1. The van der Waals surface area contributed by atoms with Gasteiger partial charge in [0.2, 0.25) is 0 Å². The number of anilines is 1. The Balaban J connectivity index is 1.89. The van der Waals surface area contributed by atoms with Crippen molar-refractivity contribution in [3.63, 3.8) is 0 Å².